The number of para-hydroxylation sites is 1. The number of hydrogen-bond acceptors (Lipinski definition) is 4. The monoisotopic (exact) mass is 348 g/mol. The summed E-state index contributed by atoms with van der Waals surface area (Å²) >= 11 is 0. The molecule has 0 atom stereocenters. The van der Waals surface area contributed by atoms with Crippen LogP contribution in [0.4, 0.5) is 0 Å². The van der Waals surface area contributed by atoms with E-state index in [0.29, 0.717) is 5.95 Å². The Morgan fingerprint density at radius 3 is 2.58 bits per heavy atom. The van der Waals surface area contributed by atoms with Crippen LogP contribution in [0.25, 0.3) is 28.0 Å². The summed E-state index contributed by atoms with van der Waals surface area (Å²) in [6, 6.07) is 8.30. The SMILES string of the molecule is CCCc1c(C)nn(-c2nnc3c4ccccc4n(CCC)c3n2)c1C. The molecule has 0 aliphatic carbocycles. The largest absolute Gasteiger partial charge is 0.324 e. The van der Waals surface area contributed by atoms with E-state index in [0.717, 1.165) is 59.3 Å². The lowest BCUT2D eigenvalue weighted by Gasteiger charge is -2.06. The zero-order valence-corrected chi connectivity index (χ0v) is 15.8. The minimum atomic E-state index is 0.542. The molecule has 4 aromatic rings. The third-order valence-corrected chi connectivity index (χ3v) is 4.94. The predicted octanol–water partition coefficient (Wildman–Crippen LogP) is 4.14. The summed E-state index contributed by atoms with van der Waals surface area (Å²) in [5.74, 6) is 0.542. The van der Waals surface area contributed by atoms with Gasteiger partial charge >= 0.3 is 0 Å². The van der Waals surface area contributed by atoms with Crippen LogP contribution < -0.4 is 0 Å². The van der Waals surface area contributed by atoms with Crippen LogP contribution in [0.3, 0.4) is 0 Å². The number of fused-ring (bicyclic) bond motifs is 3. The van der Waals surface area contributed by atoms with Gasteiger partial charge in [0, 0.05) is 17.6 Å². The molecule has 4 rings (SSSR count). The van der Waals surface area contributed by atoms with Crippen molar-refractivity contribution in [3.8, 4) is 5.95 Å². The normalized spacial score (nSPS) is 11.7. The van der Waals surface area contributed by atoms with Crippen LogP contribution in [-0.2, 0) is 13.0 Å². The molecule has 26 heavy (non-hydrogen) atoms. The molecule has 3 aromatic heterocycles. The molecule has 0 amide bonds. The van der Waals surface area contributed by atoms with Crippen LogP contribution >= 0.6 is 0 Å². The minimum Gasteiger partial charge on any atom is -0.324 e. The zero-order valence-electron chi connectivity index (χ0n) is 15.8. The Morgan fingerprint density at radius 2 is 1.81 bits per heavy atom. The van der Waals surface area contributed by atoms with E-state index in [1.54, 1.807) is 0 Å². The molecule has 0 saturated heterocycles. The molecule has 0 saturated carbocycles. The van der Waals surface area contributed by atoms with Gasteiger partial charge in [-0.1, -0.05) is 38.5 Å². The summed E-state index contributed by atoms with van der Waals surface area (Å²) in [5, 5.41) is 14.7. The van der Waals surface area contributed by atoms with Gasteiger partial charge in [0.05, 0.1) is 11.2 Å². The molecule has 134 valence electrons. The molecule has 0 N–H and O–H groups in total. The third kappa shape index (κ3) is 2.48. The van der Waals surface area contributed by atoms with Crippen LogP contribution in [0, 0.1) is 13.8 Å². The second kappa shape index (κ2) is 6.52. The first kappa shape index (κ1) is 16.7. The molecule has 0 radical (unpaired) electrons. The van der Waals surface area contributed by atoms with E-state index in [2.05, 4.69) is 65.8 Å². The molecule has 3 heterocycles. The fourth-order valence-corrected chi connectivity index (χ4v) is 3.72. The smallest absolute Gasteiger partial charge is 0.272 e. The van der Waals surface area contributed by atoms with Crippen molar-refractivity contribution < 1.29 is 0 Å². The van der Waals surface area contributed by atoms with Crippen LogP contribution in [0.15, 0.2) is 24.3 Å². The minimum absolute atomic E-state index is 0.542. The molecule has 6 nitrogen and oxygen atoms in total. The van der Waals surface area contributed by atoms with E-state index in [4.69, 9.17) is 4.98 Å². The van der Waals surface area contributed by atoms with Crippen molar-refractivity contribution in [2.75, 3.05) is 0 Å². The second-order valence-corrected chi connectivity index (χ2v) is 6.76. The van der Waals surface area contributed by atoms with Crippen LogP contribution in [0.1, 0.15) is 43.6 Å². The number of benzene rings is 1. The van der Waals surface area contributed by atoms with Gasteiger partial charge in [-0.2, -0.15) is 10.1 Å². The molecule has 0 aliphatic rings. The maximum absolute atomic E-state index is 4.87. The van der Waals surface area contributed by atoms with Gasteiger partial charge in [0.2, 0.25) is 0 Å². The zero-order chi connectivity index (χ0) is 18.3. The van der Waals surface area contributed by atoms with Gasteiger partial charge < -0.3 is 4.57 Å². The van der Waals surface area contributed by atoms with Gasteiger partial charge in [-0.25, -0.2) is 4.68 Å². The van der Waals surface area contributed by atoms with Gasteiger partial charge in [0.15, 0.2) is 5.65 Å². The van der Waals surface area contributed by atoms with E-state index >= 15 is 0 Å². The summed E-state index contributed by atoms with van der Waals surface area (Å²) in [5.41, 5.74) is 6.31. The van der Waals surface area contributed by atoms with Gasteiger partial charge in [0.25, 0.3) is 5.95 Å². The van der Waals surface area contributed by atoms with Crippen molar-refractivity contribution >= 4 is 22.1 Å². The number of nitrogens with zero attached hydrogens (tertiary/aromatic N) is 6. The van der Waals surface area contributed by atoms with Gasteiger partial charge in [-0.05, 0) is 38.3 Å². The first-order valence-corrected chi connectivity index (χ1v) is 9.32. The molecule has 6 heteroatoms. The summed E-state index contributed by atoms with van der Waals surface area (Å²) < 4.78 is 4.07. The van der Waals surface area contributed by atoms with Crippen molar-refractivity contribution in [1.82, 2.24) is 29.5 Å². The number of rotatable bonds is 5. The highest BCUT2D eigenvalue weighted by atomic mass is 15.4. The molecule has 0 fully saturated rings. The first-order valence-electron chi connectivity index (χ1n) is 9.32. The average molecular weight is 348 g/mol. The van der Waals surface area contributed by atoms with Crippen molar-refractivity contribution in [3.05, 3.63) is 41.2 Å². The maximum atomic E-state index is 4.87. The summed E-state index contributed by atoms with van der Waals surface area (Å²) in [6.45, 7) is 9.40. The van der Waals surface area contributed by atoms with E-state index in [-0.39, 0.29) is 0 Å². The Kier molecular flexibility index (Phi) is 4.18. The van der Waals surface area contributed by atoms with Crippen molar-refractivity contribution in [3.63, 3.8) is 0 Å². The Bertz CT molecular complexity index is 1090. The average Bonchev–Trinajstić information content (AvgIpc) is 3.12. The molecule has 0 unspecified atom stereocenters. The fraction of sp³-hybridized carbons (Fsp3) is 0.400. The first-order chi connectivity index (χ1) is 12.7. The summed E-state index contributed by atoms with van der Waals surface area (Å²) in [4.78, 5) is 4.87. The molecular weight excluding hydrogens is 324 g/mol. The lowest BCUT2D eigenvalue weighted by Crippen LogP contribution is -2.08. The predicted molar refractivity (Wildman–Crippen MR) is 104 cm³/mol. The van der Waals surface area contributed by atoms with E-state index < -0.39 is 0 Å². The molecule has 1 aromatic carbocycles. The Balaban J connectivity index is 1.95. The van der Waals surface area contributed by atoms with Crippen molar-refractivity contribution in [2.24, 2.45) is 0 Å². The maximum Gasteiger partial charge on any atom is 0.272 e. The quantitative estimate of drug-likeness (QED) is 0.544. The van der Waals surface area contributed by atoms with Crippen molar-refractivity contribution in [2.45, 2.75) is 53.5 Å². The standard InChI is InChI=1S/C20H24N6/c1-5-9-15-13(3)24-26(14(15)4)20-21-19-18(22-23-20)16-10-7-8-11-17(16)25(19)12-6-2/h7-8,10-11H,5-6,9,12H2,1-4H3. The van der Waals surface area contributed by atoms with Crippen LogP contribution in [-0.4, -0.2) is 29.5 Å². The van der Waals surface area contributed by atoms with Gasteiger partial charge in [-0.3, -0.25) is 0 Å². The number of aromatic nitrogens is 6. The lowest BCUT2D eigenvalue weighted by atomic mass is 10.1. The molecular formula is C20H24N6. The Labute approximate surface area is 152 Å². The highest BCUT2D eigenvalue weighted by molar-refractivity contribution is 6.04. The van der Waals surface area contributed by atoms with Crippen molar-refractivity contribution in [1.29, 1.82) is 0 Å². The highest BCUT2D eigenvalue weighted by Gasteiger charge is 2.18. The number of aryl methyl sites for hydroxylation is 2. The topological polar surface area (TPSA) is 61.4 Å². The molecule has 0 aliphatic heterocycles. The fourth-order valence-electron chi connectivity index (χ4n) is 3.72. The number of hydrogen-bond donors (Lipinski definition) is 0. The highest BCUT2D eigenvalue weighted by Crippen LogP contribution is 2.27. The van der Waals surface area contributed by atoms with Gasteiger partial charge in [-0.15, -0.1) is 10.2 Å². The second-order valence-electron chi connectivity index (χ2n) is 6.76. The third-order valence-electron chi connectivity index (χ3n) is 4.94. The molecule has 0 bridgehead atoms. The lowest BCUT2D eigenvalue weighted by molar-refractivity contribution is 0.705. The van der Waals surface area contributed by atoms with E-state index in [1.165, 1.54) is 5.56 Å². The van der Waals surface area contributed by atoms with Crippen LogP contribution in [0.5, 0.6) is 0 Å². The van der Waals surface area contributed by atoms with E-state index in [1.807, 2.05) is 10.7 Å². The Hall–Kier alpha value is -2.76. The summed E-state index contributed by atoms with van der Waals surface area (Å²) in [6.07, 6.45) is 3.15. The van der Waals surface area contributed by atoms with E-state index in [9.17, 15) is 0 Å². The Morgan fingerprint density at radius 1 is 1.00 bits per heavy atom. The van der Waals surface area contributed by atoms with Crippen LogP contribution in [0.2, 0.25) is 0 Å². The summed E-state index contributed by atoms with van der Waals surface area (Å²) in [7, 11) is 0. The molecule has 0 spiro atoms. The van der Waals surface area contributed by atoms with Gasteiger partial charge in [0.1, 0.15) is 5.52 Å².